The monoisotopic (exact) mass is 431 g/mol. The van der Waals surface area contributed by atoms with Gasteiger partial charge in [0, 0.05) is 13.1 Å². The van der Waals surface area contributed by atoms with E-state index in [1.807, 2.05) is 18.2 Å². The Hall–Kier alpha value is -2.26. The lowest BCUT2D eigenvalue weighted by molar-refractivity contribution is -0.132. The third-order valence-corrected chi connectivity index (χ3v) is 6.49. The van der Waals surface area contributed by atoms with Crippen LogP contribution < -0.4 is 10.7 Å². The number of piperidine rings is 1. The van der Waals surface area contributed by atoms with Crippen LogP contribution in [0.3, 0.4) is 0 Å². The molecule has 0 bridgehead atoms. The van der Waals surface area contributed by atoms with Crippen LogP contribution in [-0.2, 0) is 20.3 Å². The summed E-state index contributed by atoms with van der Waals surface area (Å²) < 4.78 is 29.2. The molecule has 3 N–H and O–H groups in total. The van der Waals surface area contributed by atoms with Crippen LogP contribution in [-0.4, -0.2) is 50.1 Å². The molecule has 0 saturated carbocycles. The van der Waals surface area contributed by atoms with Crippen LogP contribution in [0, 0.1) is 0 Å². The maximum atomic E-state index is 12.9. The molecule has 1 amide bonds. The van der Waals surface area contributed by atoms with Crippen LogP contribution in [0.4, 0.5) is 0 Å². The molecule has 0 spiro atoms. The minimum Gasteiger partial charge on any atom is -0.317 e. The van der Waals surface area contributed by atoms with Crippen LogP contribution in [0.1, 0.15) is 31.2 Å². The van der Waals surface area contributed by atoms with Crippen LogP contribution >= 0.6 is 0 Å². The van der Waals surface area contributed by atoms with Gasteiger partial charge in [-0.3, -0.25) is 14.8 Å². The molecule has 2 heterocycles. The summed E-state index contributed by atoms with van der Waals surface area (Å²) in [5.74, 6) is 0.173. The fourth-order valence-electron chi connectivity index (χ4n) is 3.93. The SMILES string of the molecule is O=C(NN1CCCC1)C1(c2ccccc2)CCNCC1.O=S(=O)(O)c1ccccc1. The van der Waals surface area contributed by atoms with Gasteiger partial charge in [0.2, 0.25) is 5.91 Å². The molecule has 0 atom stereocenters. The Balaban J connectivity index is 0.000000216. The third kappa shape index (κ3) is 5.66. The van der Waals surface area contributed by atoms with Crippen LogP contribution in [0.15, 0.2) is 65.6 Å². The molecule has 2 aromatic carbocycles. The van der Waals surface area contributed by atoms with E-state index in [9.17, 15) is 13.2 Å². The first-order chi connectivity index (χ1) is 14.4. The standard InChI is InChI=1S/C16H23N3O.C6H6O3S/c20-15(18-19-12-4-5-13-19)16(8-10-17-11-9-16)14-6-2-1-3-7-14;7-10(8,9)6-4-2-1-3-5-6/h1-3,6-7,17H,4-5,8-13H2,(H,18,20);1-5H,(H,7,8,9). The lowest BCUT2D eigenvalue weighted by atomic mass is 9.72. The lowest BCUT2D eigenvalue weighted by Gasteiger charge is -2.37. The first-order valence-corrected chi connectivity index (χ1v) is 11.7. The van der Waals surface area contributed by atoms with Crippen molar-refractivity contribution in [2.45, 2.75) is 36.0 Å². The summed E-state index contributed by atoms with van der Waals surface area (Å²) in [6.07, 6.45) is 4.10. The number of hydrogen-bond acceptors (Lipinski definition) is 5. The van der Waals surface area contributed by atoms with Crippen molar-refractivity contribution in [3.05, 3.63) is 66.2 Å². The van der Waals surface area contributed by atoms with Crippen molar-refractivity contribution in [3.8, 4) is 0 Å². The third-order valence-electron chi connectivity index (χ3n) is 5.62. The maximum Gasteiger partial charge on any atom is 0.294 e. The van der Waals surface area contributed by atoms with Gasteiger partial charge < -0.3 is 5.32 Å². The molecule has 30 heavy (non-hydrogen) atoms. The highest BCUT2D eigenvalue weighted by molar-refractivity contribution is 7.85. The second-order valence-electron chi connectivity index (χ2n) is 7.62. The van der Waals surface area contributed by atoms with Gasteiger partial charge in [-0.1, -0.05) is 48.5 Å². The zero-order chi connectivity index (χ0) is 21.5. The first-order valence-electron chi connectivity index (χ1n) is 10.3. The van der Waals surface area contributed by atoms with Crippen molar-refractivity contribution >= 4 is 16.0 Å². The van der Waals surface area contributed by atoms with Gasteiger partial charge in [0.1, 0.15) is 0 Å². The molecule has 2 aromatic rings. The molecule has 2 fully saturated rings. The number of carbonyl (C=O) groups is 1. The van der Waals surface area contributed by atoms with E-state index in [4.69, 9.17) is 4.55 Å². The number of nitrogens with one attached hydrogen (secondary N) is 2. The van der Waals surface area contributed by atoms with Gasteiger partial charge in [0.05, 0.1) is 10.3 Å². The Kier molecular flexibility index (Phi) is 7.60. The number of rotatable bonds is 4. The van der Waals surface area contributed by atoms with Crippen molar-refractivity contribution in [3.63, 3.8) is 0 Å². The minimum atomic E-state index is -4.00. The van der Waals surface area contributed by atoms with E-state index in [1.54, 1.807) is 18.2 Å². The number of benzene rings is 2. The quantitative estimate of drug-likeness (QED) is 0.643. The molecule has 162 valence electrons. The second kappa shape index (κ2) is 10.2. The second-order valence-corrected chi connectivity index (χ2v) is 9.04. The Morgan fingerprint density at radius 3 is 1.97 bits per heavy atom. The predicted octanol–water partition coefficient (Wildman–Crippen LogP) is 2.37. The number of amides is 1. The smallest absolute Gasteiger partial charge is 0.294 e. The highest BCUT2D eigenvalue weighted by Gasteiger charge is 2.41. The van der Waals surface area contributed by atoms with E-state index in [0.717, 1.165) is 44.6 Å². The normalized spacial score (nSPS) is 18.8. The van der Waals surface area contributed by atoms with E-state index in [2.05, 4.69) is 27.9 Å². The van der Waals surface area contributed by atoms with Gasteiger partial charge >= 0.3 is 0 Å². The summed E-state index contributed by atoms with van der Waals surface area (Å²) in [4.78, 5) is 12.8. The zero-order valence-electron chi connectivity index (χ0n) is 17.0. The number of hydrogen-bond donors (Lipinski definition) is 3. The molecule has 4 rings (SSSR count). The van der Waals surface area contributed by atoms with Crippen molar-refractivity contribution in [1.29, 1.82) is 0 Å². The fraction of sp³-hybridized carbons (Fsp3) is 0.409. The molecule has 0 aliphatic carbocycles. The van der Waals surface area contributed by atoms with E-state index in [-0.39, 0.29) is 16.2 Å². The van der Waals surface area contributed by atoms with Crippen LogP contribution in [0.2, 0.25) is 0 Å². The number of carbonyl (C=O) groups excluding carboxylic acids is 1. The average Bonchev–Trinajstić information content (AvgIpc) is 3.28. The highest BCUT2D eigenvalue weighted by atomic mass is 32.2. The van der Waals surface area contributed by atoms with E-state index in [0.29, 0.717) is 0 Å². The van der Waals surface area contributed by atoms with Gasteiger partial charge in [0.25, 0.3) is 10.1 Å². The molecule has 0 radical (unpaired) electrons. The largest absolute Gasteiger partial charge is 0.317 e. The molecule has 0 unspecified atom stereocenters. The summed E-state index contributed by atoms with van der Waals surface area (Å²) in [5.41, 5.74) is 3.94. The fourth-order valence-corrected chi connectivity index (χ4v) is 4.43. The van der Waals surface area contributed by atoms with Gasteiger partial charge in [0.15, 0.2) is 0 Å². The predicted molar refractivity (Wildman–Crippen MR) is 115 cm³/mol. The summed E-state index contributed by atoms with van der Waals surface area (Å²) in [6.45, 7) is 3.77. The van der Waals surface area contributed by atoms with Crippen molar-refractivity contribution in [1.82, 2.24) is 15.8 Å². The Labute approximate surface area is 178 Å². The molecule has 8 heteroatoms. The minimum absolute atomic E-state index is 0.0741. The molecule has 2 aliphatic rings. The molecular weight excluding hydrogens is 402 g/mol. The number of hydrazine groups is 1. The zero-order valence-corrected chi connectivity index (χ0v) is 17.8. The molecule has 2 saturated heterocycles. The topological polar surface area (TPSA) is 98.7 Å². The van der Waals surface area contributed by atoms with Crippen molar-refractivity contribution in [2.24, 2.45) is 0 Å². The van der Waals surface area contributed by atoms with E-state index in [1.165, 1.54) is 25.0 Å². The van der Waals surface area contributed by atoms with Gasteiger partial charge in [-0.2, -0.15) is 8.42 Å². The average molecular weight is 432 g/mol. The van der Waals surface area contributed by atoms with Gasteiger partial charge in [-0.15, -0.1) is 0 Å². The maximum absolute atomic E-state index is 12.9. The Morgan fingerprint density at radius 1 is 0.933 bits per heavy atom. The Bertz CT molecular complexity index is 908. The molecule has 2 aliphatic heterocycles. The molecule has 7 nitrogen and oxygen atoms in total. The van der Waals surface area contributed by atoms with E-state index >= 15 is 0 Å². The van der Waals surface area contributed by atoms with E-state index < -0.39 is 10.1 Å². The van der Waals surface area contributed by atoms with Gasteiger partial charge in [-0.05, 0) is 56.5 Å². The van der Waals surface area contributed by atoms with Crippen molar-refractivity contribution < 1.29 is 17.8 Å². The summed E-state index contributed by atoms with van der Waals surface area (Å²) >= 11 is 0. The first kappa shape index (κ1) is 22.4. The van der Waals surface area contributed by atoms with Crippen LogP contribution in [0.5, 0.6) is 0 Å². The summed E-state index contributed by atoms with van der Waals surface area (Å²) in [5, 5.41) is 5.44. The highest BCUT2D eigenvalue weighted by Crippen LogP contribution is 2.34. The number of nitrogens with zero attached hydrogens (tertiary/aromatic N) is 1. The Morgan fingerprint density at radius 2 is 1.47 bits per heavy atom. The molecule has 0 aromatic heterocycles. The summed E-state index contributed by atoms with van der Waals surface area (Å²) in [6, 6.07) is 17.7. The van der Waals surface area contributed by atoms with Crippen molar-refractivity contribution in [2.75, 3.05) is 26.2 Å². The lowest BCUT2D eigenvalue weighted by Crippen LogP contribution is -2.54. The summed E-state index contributed by atoms with van der Waals surface area (Å²) in [7, 11) is -4.00. The molecular formula is C22H29N3O4S. The van der Waals surface area contributed by atoms with Crippen LogP contribution in [0.25, 0.3) is 0 Å². The van der Waals surface area contributed by atoms with Gasteiger partial charge in [-0.25, -0.2) is 5.01 Å².